The van der Waals surface area contributed by atoms with E-state index in [-0.39, 0.29) is 23.6 Å². The van der Waals surface area contributed by atoms with E-state index < -0.39 is 0 Å². The molecule has 3 heterocycles. The molecule has 1 saturated heterocycles. The quantitative estimate of drug-likeness (QED) is 0.417. The minimum Gasteiger partial charge on any atom is -0.362 e. The number of halogens is 1. The summed E-state index contributed by atoms with van der Waals surface area (Å²) in [5.41, 5.74) is 2.38. The zero-order chi connectivity index (χ0) is 25.2. The number of anilines is 3. The van der Waals surface area contributed by atoms with Gasteiger partial charge in [0.25, 0.3) is 17.4 Å². The summed E-state index contributed by atoms with van der Waals surface area (Å²) in [5.74, 6) is 1.22. The van der Waals surface area contributed by atoms with Crippen molar-refractivity contribution in [3.63, 3.8) is 0 Å². The Balaban J connectivity index is 1.43. The standard InChI is InChI=1S/C24H25ClN10O/c1-27-19-12-29-23-22(30-16-3-4-16)32-24(33-35(19)23)31-18-10-14(11-26)9-17(21(18)25)15-5-7-34(8-6-15)13-20(36)28-2/h9-10,12,15-16H,3-8,13H2,2H3,(H,28,36)(H2,30,31,32,33). The first-order valence-corrected chi connectivity index (χ1v) is 12.2. The molecule has 5 rings (SSSR count). The molecule has 1 saturated carbocycles. The summed E-state index contributed by atoms with van der Waals surface area (Å²) >= 11 is 6.87. The van der Waals surface area contributed by atoms with Gasteiger partial charge in [-0.3, -0.25) is 9.69 Å². The van der Waals surface area contributed by atoms with Gasteiger partial charge in [-0.05, 0) is 62.4 Å². The second-order valence-electron chi connectivity index (χ2n) is 9.05. The first kappa shape index (κ1) is 23.8. The average molecular weight is 505 g/mol. The van der Waals surface area contributed by atoms with Crippen LogP contribution in [0.2, 0.25) is 5.02 Å². The smallest absolute Gasteiger partial charge is 0.275 e. The van der Waals surface area contributed by atoms with Crippen molar-refractivity contribution >= 4 is 46.4 Å². The third-order valence-electron chi connectivity index (χ3n) is 6.53. The van der Waals surface area contributed by atoms with Crippen LogP contribution in [0.15, 0.2) is 18.3 Å². The number of imidazole rings is 1. The Morgan fingerprint density at radius 3 is 2.75 bits per heavy atom. The van der Waals surface area contributed by atoms with E-state index >= 15 is 0 Å². The summed E-state index contributed by atoms with van der Waals surface area (Å²) in [6.07, 6.45) is 5.22. The van der Waals surface area contributed by atoms with Gasteiger partial charge in [-0.2, -0.15) is 10.2 Å². The fourth-order valence-corrected chi connectivity index (χ4v) is 4.73. The van der Waals surface area contributed by atoms with Crippen LogP contribution in [-0.4, -0.2) is 63.1 Å². The van der Waals surface area contributed by atoms with Crippen LogP contribution in [0.3, 0.4) is 0 Å². The molecule has 0 bridgehead atoms. The zero-order valence-electron chi connectivity index (χ0n) is 19.8. The summed E-state index contributed by atoms with van der Waals surface area (Å²) in [6, 6.07) is 6.07. The molecule has 3 N–H and O–H groups in total. The molecule has 1 amide bonds. The number of aromatic nitrogens is 4. The van der Waals surface area contributed by atoms with E-state index in [9.17, 15) is 10.1 Å². The minimum absolute atomic E-state index is 0.00349. The maximum atomic E-state index is 11.7. The highest BCUT2D eigenvalue weighted by Crippen LogP contribution is 2.39. The summed E-state index contributed by atoms with van der Waals surface area (Å²) in [4.78, 5) is 26.2. The molecular weight excluding hydrogens is 480 g/mol. The number of fused-ring (bicyclic) bond motifs is 1. The van der Waals surface area contributed by atoms with E-state index in [0.717, 1.165) is 44.3 Å². The number of nitrogens with zero attached hydrogens (tertiary/aromatic N) is 7. The number of hydrogen-bond acceptors (Lipinski definition) is 8. The van der Waals surface area contributed by atoms with Gasteiger partial charge in [-0.15, -0.1) is 4.52 Å². The van der Waals surface area contributed by atoms with Crippen LogP contribution < -0.4 is 16.0 Å². The number of hydrogen-bond donors (Lipinski definition) is 3. The van der Waals surface area contributed by atoms with Gasteiger partial charge >= 0.3 is 0 Å². The van der Waals surface area contributed by atoms with E-state index in [1.54, 1.807) is 13.1 Å². The van der Waals surface area contributed by atoms with Crippen LogP contribution in [-0.2, 0) is 4.79 Å². The normalized spacial score (nSPS) is 16.3. The lowest BCUT2D eigenvalue weighted by Gasteiger charge is -2.32. The first-order chi connectivity index (χ1) is 17.5. The number of rotatable bonds is 7. The van der Waals surface area contributed by atoms with E-state index in [2.05, 4.69) is 46.8 Å². The second kappa shape index (κ2) is 9.97. The SMILES string of the molecule is [C-]#[N+]c1cnc2c(NC3CC3)nc(Nc3cc(C#N)cc(C4CCN(CC(=O)NC)CC4)c3Cl)nn12. The molecule has 0 radical (unpaired) electrons. The van der Waals surface area contributed by atoms with Gasteiger partial charge in [0.2, 0.25) is 5.91 Å². The Labute approximate surface area is 213 Å². The molecule has 2 aliphatic rings. The fraction of sp³-hybridized carbons (Fsp3) is 0.417. The van der Waals surface area contributed by atoms with E-state index in [1.165, 1.54) is 10.7 Å². The van der Waals surface area contributed by atoms with Crippen LogP contribution in [0.4, 0.5) is 23.3 Å². The second-order valence-corrected chi connectivity index (χ2v) is 9.43. The number of carbonyl (C=O) groups excluding carboxylic acids is 1. The lowest BCUT2D eigenvalue weighted by molar-refractivity contribution is -0.122. The predicted molar refractivity (Wildman–Crippen MR) is 136 cm³/mol. The molecule has 36 heavy (non-hydrogen) atoms. The van der Waals surface area contributed by atoms with Crippen molar-refractivity contribution in [2.24, 2.45) is 0 Å². The Morgan fingerprint density at radius 2 is 2.08 bits per heavy atom. The Hall–Kier alpha value is -3.93. The molecule has 12 heteroatoms. The summed E-state index contributed by atoms with van der Waals surface area (Å²) in [6.45, 7) is 9.34. The number of amides is 1. The molecule has 184 valence electrons. The molecular formula is C24H25ClN10O. The summed E-state index contributed by atoms with van der Waals surface area (Å²) in [5, 5.41) is 23.8. The van der Waals surface area contributed by atoms with Gasteiger partial charge in [0, 0.05) is 13.1 Å². The molecule has 2 fully saturated rings. The van der Waals surface area contributed by atoms with E-state index in [1.807, 2.05) is 6.07 Å². The van der Waals surface area contributed by atoms with Gasteiger partial charge in [-0.25, -0.2) is 4.98 Å². The highest BCUT2D eigenvalue weighted by molar-refractivity contribution is 6.34. The van der Waals surface area contributed by atoms with Crippen molar-refractivity contribution in [3.05, 3.63) is 45.9 Å². The Morgan fingerprint density at radius 1 is 1.31 bits per heavy atom. The van der Waals surface area contributed by atoms with E-state index in [0.29, 0.717) is 40.3 Å². The van der Waals surface area contributed by atoms with Crippen molar-refractivity contribution in [2.45, 2.75) is 37.6 Å². The minimum atomic E-state index is -0.00349. The van der Waals surface area contributed by atoms with Crippen LogP contribution >= 0.6 is 11.6 Å². The van der Waals surface area contributed by atoms with Gasteiger partial charge in [0.05, 0.1) is 35.1 Å². The molecule has 1 aliphatic heterocycles. The number of nitriles is 1. The number of carbonyl (C=O) groups is 1. The zero-order valence-corrected chi connectivity index (χ0v) is 20.5. The lowest BCUT2D eigenvalue weighted by Crippen LogP contribution is -2.40. The van der Waals surface area contributed by atoms with Crippen molar-refractivity contribution in [3.8, 4) is 6.07 Å². The summed E-state index contributed by atoms with van der Waals surface area (Å²) < 4.78 is 1.46. The molecule has 11 nitrogen and oxygen atoms in total. The first-order valence-electron chi connectivity index (χ1n) is 11.8. The average Bonchev–Trinajstić information content (AvgIpc) is 3.61. The lowest BCUT2D eigenvalue weighted by atomic mass is 9.88. The molecule has 0 unspecified atom stereocenters. The van der Waals surface area contributed by atoms with Gasteiger partial charge in [0.15, 0.2) is 5.82 Å². The Bertz CT molecular complexity index is 1390. The van der Waals surface area contributed by atoms with Crippen molar-refractivity contribution in [1.29, 1.82) is 5.26 Å². The van der Waals surface area contributed by atoms with Crippen LogP contribution in [0.1, 0.15) is 42.7 Å². The number of likely N-dealkylation sites (tertiary alicyclic amines) is 1. The van der Waals surface area contributed by atoms with Gasteiger partial charge in [-0.1, -0.05) is 23.3 Å². The monoisotopic (exact) mass is 504 g/mol. The highest BCUT2D eigenvalue weighted by Gasteiger charge is 2.27. The van der Waals surface area contributed by atoms with Crippen molar-refractivity contribution in [1.82, 2.24) is 29.8 Å². The number of piperidine rings is 1. The maximum Gasteiger partial charge on any atom is 0.275 e. The highest BCUT2D eigenvalue weighted by atomic mass is 35.5. The molecule has 1 aliphatic carbocycles. The number of nitrogens with one attached hydrogen (secondary N) is 3. The van der Waals surface area contributed by atoms with Crippen molar-refractivity contribution < 1.29 is 4.79 Å². The largest absolute Gasteiger partial charge is 0.362 e. The third-order valence-corrected chi connectivity index (χ3v) is 6.95. The van der Waals surface area contributed by atoms with E-state index in [4.69, 9.17) is 18.2 Å². The molecule has 2 aromatic heterocycles. The van der Waals surface area contributed by atoms with Crippen molar-refractivity contribution in [2.75, 3.05) is 37.3 Å². The molecule has 3 aromatic rings. The number of benzene rings is 1. The van der Waals surface area contributed by atoms with Gasteiger partial charge in [0.1, 0.15) is 0 Å². The maximum absolute atomic E-state index is 11.7. The predicted octanol–water partition coefficient (Wildman–Crippen LogP) is 3.44. The Kier molecular flexibility index (Phi) is 6.59. The van der Waals surface area contributed by atoms with Crippen LogP contribution in [0.5, 0.6) is 0 Å². The summed E-state index contributed by atoms with van der Waals surface area (Å²) in [7, 11) is 1.64. The fourth-order valence-electron chi connectivity index (χ4n) is 4.42. The van der Waals surface area contributed by atoms with Crippen LogP contribution in [0, 0.1) is 17.9 Å². The molecule has 1 aromatic carbocycles. The number of likely N-dealkylation sites (N-methyl/N-ethyl adjacent to an activating group) is 1. The topological polar surface area (TPSA) is 128 Å². The third kappa shape index (κ3) is 4.89. The van der Waals surface area contributed by atoms with Gasteiger partial charge < -0.3 is 20.8 Å². The molecule has 0 atom stereocenters. The molecule has 0 spiro atoms. The van der Waals surface area contributed by atoms with Crippen LogP contribution in [0.25, 0.3) is 10.5 Å².